The zero-order chi connectivity index (χ0) is 15.0. The van der Waals surface area contributed by atoms with Gasteiger partial charge in [-0.05, 0) is 57.8 Å². The van der Waals surface area contributed by atoms with Crippen molar-refractivity contribution < 1.29 is 9.53 Å². The SMILES string of the molecule is CC1=CC(=O)C[C@@](C)(CC[C@]2(C)C(C)=CCC[C@H]2C)O1. The fourth-order valence-corrected chi connectivity index (χ4v) is 3.70. The van der Waals surface area contributed by atoms with Gasteiger partial charge < -0.3 is 4.74 Å². The Morgan fingerprint density at radius 3 is 2.60 bits per heavy atom. The molecule has 1 aliphatic carbocycles. The summed E-state index contributed by atoms with van der Waals surface area (Å²) in [6, 6.07) is 0. The molecular weight excluding hydrogens is 248 g/mol. The van der Waals surface area contributed by atoms with Crippen LogP contribution in [0.5, 0.6) is 0 Å². The van der Waals surface area contributed by atoms with Gasteiger partial charge >= 0.3 is 0 Å². The lowest BCUT2D eigenvalue weighted by Gasteiger charge is -2.43. The molecule has 2 aliphatic rings. The van der Waals surface area contributed by atoms with Crippen molar-refractivity contribution in [1.82, 2.24) is 0 Å². The van der Waals surface area contributed by atoms with Gasteiger partial charge in [0, 0.05) is 6.08 Å². The van der Waals surface area contributed by atoms with Crippen molar-refractivity contribution in [3.8, 4) is 0 Å². The molecule has 112 valence electrons. The maximum atomic E-state index is 11.8. The third kappa shape index (κ3) is 2.99. The number of ketones is 1. The summed E-state index contributed by atoms with van der Waals surface area (Å²) < 4.78 is 5.97. The molecule has 2 rings (SSSR count). The molecular formula is C18H28O2. The molecule has 0 bridgehead atoms. The van der Waals surface area contributed by atoms with Gasteiger partial charge in [-0.15, -0.1) is 0 Å². The molecule has 0 unspecified atom stereocenters. The van der Waals surface area contributed by atoms with Crippen LogP contribution in [0.2, 0.25) is 0 Å². The van der Waals surface area contributed by atoms with Gasteiger partial charge in [0.25, 0.3) is 0 Å². The molecule has 0 fully saturated rings. The molecule has 0 aromatic carbocycles. The van der Waals surface area contributed by atoms with E-state index in [-0.39, 0.29) is 16.8 Å². The van der Waals surface area contributed by atoms with Gasteiger partial charge in [-0.2, -0.15) is 0 Å². The van der Waals surface area contributed by atoms with Crippen molar-refractivity contribution in [3.05, 3.63) is 23.5 Å². The Morgan fingerprint density at radius 1 is 1.30 bits per heavy atom. The Morgan fingerprint density at radius 2 is 2.00 bits per heavy atom. The summed E-state index contributed by atoms with van der Waals surface area (Å²) in [4.78, 5) is 11.8. The fraction of sp³-hybridized carbons (Fsp3) is 0.722. The van der Waals surface area contributed by atoms with Crippen LogP contribution in [0, 0.1) is 11.3 Å². The number of carbonyl (C=O) groups is 1. The second-order valence-corrected chi connectivity index (χ2v) is 7.23. The van der Waals surface area contributed by atoms with E-state index >= 15 is 0 Å². The van der Waals surface area contributed by atoms with Crippen molar-refractivity contribution in [1.29, 1.82) is 0 Å². The number of hydrogen-bond acceptors (Lipinski definition) is 2. The number of rotatable bonds is 3. The third-order valence-corrected chi connectivity index (χ3v) is 5.53. The van der Waals surface area contributed by atoms with Crippen LogP contribution in [0.3, 0.4) is 0 Å². The molecule has 0 spiro atoms. The first kappa shape index (κ1) is 15.3. The van der Waals surface area contributed by atoms with E-state index in [0.717, 1.165) is 18.6 Å². The van der Waals surface area contributed by atoms with E-state index in [1.54, 1.807) is 6.08 Å². The average molecular weight is 276 g/mol. The molecule has 0 saturated heterocycles. The highest BCUT2D eigenvalue weighted by Crippen LogP contribution is 2.47. The van der Waals surface area contributed by atoms with Gasteiger partial charge in [0.05, 0.1) is 12.2 Å². The van der Waals surface area contributed by atoms with E-state index in [1.165, 1.54) is 18.4 Å². The number of carbonyl (C=O) groups excluding carboxylic acids is 1. The van der Waals surface area contributed by atoms with Crippen LogP contribution in [-0.2, 0) is 9.53 Å². The topological polar surface area (TPSA) is 26.3 Å². The van der Waals surface area contributed by atoms with Gasteiger partial charge in [-0.25, -0.2) is 0 Å². The maximum absolute atomic E-state index is 11.8. The summed E-state index contributed by atoms with van der Waals surface area (Å²) in [5, 5.41) is 0. The van der Waals surface area contributed by atoms with Crippen molar-refractivity contribution >= 4 is 5.78 Å². The Kier molecular flexibility index (Phi) is 4.13. The average Bonchev–Trinajstić information content (AvgIpc) is 2.32. The summed E-state index contributed by atoms with van der Waals surface area (Å²) in [7, 11) is 0. The second-order valence-electron chi connectivity index (χ2n) is 7.23. The predicted octanol–water partition coefficient (Wildman–Crippen LogP) is 4.80. The van der Waals surface area contributed by atoms with Crippen LogP contribution in [-0.4, -0.2) is 11.4 Å². The van der Waals surface area contributed by atoms with E-state index in [9.17, 15) is 4.79 Å². The molecule has 1 aliphatic heterocycles. The zero-order valence-electron chi connectivity index (χ0n) is 13.6. The number of hydrogen-bond donors (Lipinski definition) is 0. The smallest absolute Gasteiger partial charge is 0.162 e. The van der Waals surface area contributed by atoms with Crippen LogP contribution in [0.25, 0.3) is 0 Å². The molecule has 0 saturated carbocycles. The van der Waals surface area contributed by atoms with Gasteiger partial charge in [-0.3, -0.25) is 4.79 Å². The molecule has 2 heteroatoms. The quantitative estimate of drug-likeness (QED) is 0.692. The lowest BCUT2D eigenvalue weighted by Crippen LogP contribution is -2.38. The molecule has 1 heterocycles. The lowest BCUT2D eigenvalue weighted by atomic mass is 9.64. The predicted molar refractivity (Wildman–Crippen MR) is 82.4 cm³/mol. The number of allylic oxidation sites excluding steroid dienone is 4. The summed E-state index contributed by atoms with van der Waals surface area (Å²) in [5.41, 5.74) is 1.44. The second kappa shape index (κ2) is 5.38. The Bertz CT molecular complexity index is 460. The molecule has 3 atom stereocenters. The van der Waals surface area contributed by atoms with Crippen LogP contribution < -0.4 is 0 Å². The van der Waals surface area contributed by atoms with Gasteiger partial charge in [-0.1, -0.05) is 25.5 Å². The normalized spacial score (nSPS) is 38.0. The third-order valence-electron chi connectivity index (χ3n) is 5.53. The van der Waals surface area contributed by atoms with E-state index in [0.29, 0.717) is 12.3 Å². The molecule has 0 amide bonds. The zero-order valence-corrected chi connectivity index (χ0v) is 13.6. The molecule has 0 radical (unpaired) electrons. The molecule has 2 nitrogen and oxygen atoms in total. The van der Waals surface area contributed by atoms with Crippen molar-refractivity contribution in [2.75, 3.05) is 0 Å². The standard InChI is InChI=1S/C18H28O2/c1-13-7-6-8-14(2)18(13,5)10-9-17(4)12-16(19)11-15(3)20-17/h7,11,14H,6,8-10,12H2,1-5H3/t14-,17-,18-/m1/s1. The van der Waals surface area contributed by atoms with Crippen LogP contribution in [0.4, 0.5) is 0 Å². The maximum Gasteiger partial charge on any atom is 0.162 e. The van der Waals surface area contributed by atoms with Crippen molar-refractivity contribution in [2.24, 2.45) is 11.3 Å². The summed E-state index contributed by atoms with van der Waals surface area (Å²) in [6.45, 7) is 11.0. The Labute approximate surface area is 123 Å². The monoisotopic (exact) mass is 276 g/mol. The van der Waals surface area contributed by atoms with E-state index < -0.39 is 0 Å². The van der Waals surface area contributed by atoms with Crippen molar-refractivity contribution in [2.45, 2.75) is 72.3 Å². The molecule has 0 aromatic heterocycles. The highest BCUT2D eigenvalue weighted by Gasteiger charge is 2.39. The first-order chi connectivity index (χ1) is 9.25. The van der Waals surface area contributed by atoms with Gasteiger partial charge in [0.1, 0.15) is 5.60 Å². The van der Waals surface area contributed by atoms with Crippen LogP contribution in [0.1, 0.15) is 66.7 Å². The number of ether oxygens (including phenoxy) is 1. The van der Waals surface area contributed by atoms with E-state index in [2.05, 4.69) is 33.8 Å². The van der Waals surface area contributed by atoms with Gasteiger partial charge in [0.2, 0.25) is 0 Å². The first-order valence-corrected chi connectivity index (χ1v) is 7.83. The van der Waals surface area contributed by atoms with Crippen molar-refractivity contribution in [3.63, 3.8) is 0 Å². The highest BCUT2D eigenvalue weighted by molar-refractivity contribution is 5.91. The van der Waals surface area contributed by atoms with E-state index in [1.807, 2.05) is 6.92 Å². The van der Waals surface area contributed by atoms with Crippen LogP contribution >= 0.6 is 0 Å². The Balaban J connectivity index is 2.08. The summed E-state index contributed by atoms with van der Waals surface area (Å²) in [6.07, 6.45) is 9.03. The van der Waals surface area contributed by atoms with Gasteiger partial charge in [0.15, 0.2) is 5.78 Å². The Hall–Kier alpha value is -1.05. The summed E-state index contributed by atoms with van der Waals surface area (Å²) in [5.74, 6) is 1.66. The molecule has 0 aromatic rings. The first-order valence-electron chi connectivity index (χ1n) is 7.83. The minimum atomic E-state index is -0.323. The molecule has 0 N–H and O–H groups in total. The summed E-state index contributed by atoms with van der Waals surface area (Å²) >= 11 is 0. The fourth-order valence-electron chi connectivity index (χ4n) is 3.70. The minimum absolute atomic E-state index is 0.199. The van der Waals surface area contributed by atoms with Crippen LogP contribution in [0.15, 0.2) is 23.5 Å². The molecule has 20 heavy (non-hydrogen) atoms. The van der Waals surface area contributed by atoms with E-state index in [4.69, 9.17) is 4.74 Å². The minimum Gasteiger partial charge on any atom is -0.492 e. The largest absolute Gasteiger partial charge is 0.492 e. The lowest BCUT2D eigenvalue weighted by molar-refractivity contribution is -0.123. The highest BCUT2D eigenvalue weighted by atomic mass is 16.5.